The predicted octanol–water partition coefficient (Wildman–Crippen LogP) is 4.27. The van der Waals surface area contributed by atoms with Gasteiger partial charge in [-0.05, 0) is 47.4 Å². The highest BCUT2D eigenvalue weighted by Gasteiger charge is 2.68. The fourth-order valence-electron chi connectivity index (χ4n) is 6.30. The van der Waals surface area contributed by atoms with Gasteiger partial charge in [0.2, 0.25) is 11.8 Å². The molecule has 3 aliphatic carbocycles. The lowest BCUT2D eigenvalue weighted by Gasteiger charge is -2.51. The molecule has 35 heavy (non-hydrogen) atoms. The van der Waals surface area contributed by atoms with Crippen LogP contribution < -0.4 is 4.90 Å². The first-order valence-corrected chi connectivity index (χ1v) is 11.8. The highest BCUT2D eigenvalue weighted by Crippen LogP contribution is 2.63. The van der Waals surface area contributed by atoms with E-state index < -0.39 is 35.0 Å². The topological polar surface area (TPSA) is 80.8 Å². The van der Waals surface area contributed by atoms with Crippen LogP contribution in [0.5, 0.6) is 0 Å². The lowest BCUT2D eigenvalue weighted by molar-refractivity contribution is -0.128. The van der Waals surface area contributed by atoms with E-state index in [-0.39, 0.29) is 28.8 Å². The van der Waals surface area contributed by atoms with Crippen LogP contribution in [0.1, 0.15) is 45.5 Å². The molecule has 1 saturated heterocycles. The van der Waals surface area contributed by atoms with Crippen molar-refractivity contribution in [3.05, 3.63) is 99.6 Å². The lowest BCUT2D eigenvalue weighted by Crippen LogP contribution is -2.54. The maximum Gasteiger partial charge on any atom is 0.339 e. The largest absolute Gasteiger partial charge is 0.462 e. The molecule has 1 fully saturated rings. The quantitative estimate of drug-likeness (QED) is 0.313. The van der Waals surface area contributed by atoms with E-state index in [1.807, 2.05) is 48.5 Å². The standard InChI is InChI=1S/C28H20ClNO5/c1-2-35-27(34)18-13-15(11-12-21(18)29)30-25(32)23-22-16-7-3-5-9-19(16)28(14-31,24(23)26(30)33)20-10-6-4-8-17(20)22/h3-14,22-24H,2H2,1H3/t22?,23-,24+,28?/m0/s1. The Bertz CT molecular complexity index is 1400. The number of rotatable bonds is 4. The fourth-order valence-corrected chi connectivity index (χ4v) is 6.50. The Kier molecular flexibility index (Phi) is 4.73. The van der Waals surface area contributed by atoms with Crippen molar-refractivity contribution >= 4 is 41.4 Å². The summed E-state index contributed by atoms with van der Waals surface area (Å²) in [5.41, 5.74) is 2.36. The zero-order chi connectivity index (χ0) is 24.5. The van der Waals surface area contributed by atoms with E-state index >= 15 is 0 Å². The van der Waals surface area contributed by atoms with Gasteiger partial charge >= 0.3 is 5.97 Å². The molecule has 2 amide bonds. The summed E-state index contributed by atoms with van der Waals surface area (Å²) in [5.74, 6) is -3.47. The summed E-state index contributed by atoms with van der Waals surface area (Å²) in [7, 11) is 0. The molecule has 4 aliphatic rings. The van der Waals surface area contributed by atoms with Crippen molar-refractivity contribution in [1.29, 1.82) is 0 Å². The predicted molar refractivity (Wildman–Crippen MR) is 128 cm³/mol. The summed E-state index contributed by atoms with van der Waals surface area (Å²) in [6.45, 7) is 1.84. The monoisotopic (exact) mass is 485 g/mol. The molecular formula is C28H20ClNO5. The molecule has 6 nitrogen and oxygen atoms in total. The highest BCUT2D eigenvalue weighted by molar-refractivity contribution is 6.34. The van der Waals surface area contributed by atoms with Crippen LogP contribution in [-0.4, -0.2) is 30.7 Å². The van der Waals surface area contributed by atoms with Gasteiger partial charge in [0.25, 0.3) is 0 Å². The van der Waals surface area contributed by atoms with Crippen LogP contribution in [0, 0.1) is 11.8 Å². The summed E-state index contributed by atoms with van der Waals surface area (Å²) in [5, 5.41) is 0.160. The van der Waals surface area contributed by atoms with Crippen LogP contribution in [0.3, 0.4) is 0 Å². The van der Waals surface area contributed by atoms with Gasteiger partial charge in [-0.3, -0.25) is 9.59 Å². The Morgan fingerprint density at radius 1 is 1.00 bits per heavy atom. The average Bonchev–Trinajstić information content (AvgIpc) is 3.15. The van der Waals surface area contributed by atoms with Gasteiger partial charge in [0.1, 0.15) is 6.29 Å². The van der Waals surface area contributed by atoms with Crippen molar-refractivity contribution in [1.82, 2.24) is 0 Å². The minimum absolute atomic E-state index is 0.0705. The number of imide groups is 1. The second-order valence-electron chi connectivity index (χ2n) is 9.04. The summed E-state index contributed by atoms with van der Waals surface area (Å²) in [6.07, 6.45) is 0.832. The first kappa shape index (κ1) is 21.7. The van der Waals surface area contributed by atoms with Crippen LogP contribution >= 0.6 is 11.6 Å². The number of esters is 1. The van der Waals surface area contributed by atoms with Gasteiger partial charge in [-0.2, -0.15) is 0 Å². The van der Waals surface area contributed by atoms with Crippen LogP contribution in [0.15, 0.2) is 66.7 Å². The normalized spacial score (nSPS) is 25.7. The van der Waals surface area contributed by atoms with Crippen LogP contribution in [0.4, 0.5) is 5.69 Å². The van der Waals surface area contributed by atoms with Gasteiger partial charge in [0.15, 0.2) is 0 Å². The zero-order valence-corrected chi connectivity index (χ0v) is 19.5. The third-order valence-electron chi connectivity index (χ3n) is 7.57. The molecule has 3 aromatic carbocycles. The van der Waals surface area contributed by atoms with Gasteiger partial charge in [-0.15, -0.1) is 0 Å². The number of anilines is 1. The smallest absolute Gasteiger partial charge is 0.339 e. The molecule has 0 saturated carbocycles. The third kappa shape index (κ3) is 2.66. The number of nitrogens with zero attached hydrogens (tertiary/aromatic N) is 1. The third-order valence-corrected chi connectivity index (χ3v) is 7.90. The van der Waals surface area contributed by atoms with Crippen molar-refractivity contribution in [2.45, 2.75) is 18.3 Å². The van der Waals surface area contributed by atoms with Gasteiger partial charge < -0.3 is 9.53 Å². The Balaban J connectivity index is 1.55. The van der Waals surface area contributed by atoms with E-state index in [9.17, 15) is 19.2 Å². The molecule has 0 unspecified atom stereocenters. The second kappa shape index (κ2) is 7.62. The van der Waals surface area contributed by atoms with E-state index in [1.54, 1.807) is 6.92 Å². The van der Waals surface area contributed by atoms with E-state index in [4.69, 9.17) is 16.3 Å². The number of amides is 2. The van der Waals surface area contributed by atoms with Crippen molar-refractivity contribution in [3.63, 3.8) is 0 Å². The van der Waals surface area contributed by atoms with Gasteiger partial charge in [-0.25, -0.2) is 9.69 Å². The number of hydrogen-bond acceptors (Lipinski definition) is 5. The van der Waals surface area contributed by atoms with Crippen molar-refractivity contribution in [2.75, 3.05) is 11.5 Å². The Labute approximate surface area is 206 Å². The molecule has 3 aromatic rings. The summed E-state index contributed by atoms with van der Waals surface area (Å²) >= 11 is 6.22. The van der Waals surface area contributed by atoms with Crippen molar-refractivity contribution in [3.8, 4) is 0 Å². The van der Waals surface area contributed by atoms with Crippen LogP contribution in [-0.2, 0) is 24.5 Å². The lowest BCUT2D eigenvalue weighted by atomic mass is 9.48. The average molecular weight is 486 g/mol. The molecule has 7 rings (SSSR count). The Hall–Kier alpha value is -3.77. The minimum Gasteiger partial charge on any atom is -0.462 e. The molecule has 2 atom stereocenters. The molecular weight excluding hydrogens is 466 g/mol. The minimum atomic E-state index is -1.27. The summed E-state index contributed by atoms with van der Waals surface area (Å²) in [6, 6.07) is 19.5. The van der Waals surface area contributed by atoms with E-state index in [0.717, 1.165) is 33.4 Å². The van der Waals surface area contributed by atoms with Crippen LogP contribution in [0.25, 0.3) is 0 Å². The molecule has 1 heterocycles. The van der Waals surface area contributed by atoms with E-state index in [0.29, 0.717) is 0 Å². The molecule has 1 aliphatic heterocycles. The SMILES string of the molecule is CCOC(=O)c1cc(N2C(=O)[C@H]3C4c5ccccc5C(C=O)(c5ccccc54)[C@H]3C2=O)ccc1Cl. The van der Waals surface area contributed by atoms with Crippen LogP contribution in [0.2, 0.25) is 5.02 Å². The fraction of sp³-hybridized carbons (Fsp3) is 0.214. The first-order valence-electron chi connectivity index (χ1n) is 11.4. The molecule has 0 aromatic heterocycles. The highest BCUT2D eigenvalue weighted by atomic mass is 35.5. The van der Waals surface area contributed by atoms with Gasteiger partial charge in [0, 0.05) is 5.92 Å². The maximum absolute atomic E-state index is 14.0. The van der Waals surface area contributed by atoms with Gasteiger partial charge in [-0.1, -0.05) is 60.1 Å². The number of ether oxygens (including phenoxy) is 1. The molecule has 7 heteroatoms. The molecule has 0 spiro atoms. The number of hydrogen-bond donors (Lipinski definition) is 0. The molecule has 174 valence electrons. The van der Waals surface area contributed by atoms with Gasteiger partial charge in [0.05, 0.1) is 40.1 Å². The van der Waals surface area contributed by atoms with E-state index in [1.165, 1.54) is 18.2 Å². The maximum atomic E-state index is 14.0. The number of benzene rings is 3. The molecule has 2 bridgehead atoms. The zero-order valence-electron chi connectivity index (χ0n) is 18.7. The second-order valence-corrected chi connectivity index (χ2v) is 9.45. The molecule has 0 N–H and O–H groups in total. The van der Waals surface area contributed by atoms with Crippen molar-refractivity contribution < 1.29 is 23.9 Å². The Morgan fingerprint density at radius 3 is 2.23 bits per heavy atom. The number of carbonyl (C=O) groups excluding carboxylic acids is 4. The summed E-state index contributed by atoms with van der Waals surface area (Å²) in [4.78, 5) is 54.5. The number of aldehydes is 1. The first-order chi connectivity index (χ1) is 17.0. The molecule has 0 radical (unpaired) electrons. The van der Waals surface area contributed by atoms with Crippen molar-refractivity contribution in [2.24, 2.45) is 11.8 Å². The Morgan fingerprint density at radius 2 is 1.63 bits per heavy atom. The number of carbonyl (C=O) groups is 4. The van der Waals surface area contributed by atoms with E-state index in [2.05, 4.69) is 0 Å². The number of halogens is 1. The summed E-state index contributed by atoms with van der Waals surface area (Å²) < 4.78 is 5.08.